The Hall–Kier alpha value is -3.75. The van der Waals surface area contributed by atoms with Crippen molar-refractivity contribution in [1.29, 1.82) is 0 Å². The molecule has 0 saturated heterocycles. The summed E-state index contributed by atoms with van der Waals surface area (Å²) < 4.78 is 33.5. The molecule has 1 aliphatic carbocycles. The highest BCUT2D eigenvalue weighted by Crippen LogP contribution is 2.47. The van der Waals surface area contributed by atoms with Gasteiger partial charge in [-0.3, -0.25) is 18.6 Å². The molecule has 0 aromatic carbocycles. The van der Waals surface area contributed by atoms with Crippen molar-refractivity contribution in [2.45, 2.75) is 198 Å². The van der Waals surface area contributed by atoms with E-state index in [0.717, 1.165) is 57.8 Å². The van der Waals surface area contributed by atoms with Crippen LogP contribution < -0.4 is 0 Å². The molecular weight excluding hydrogens is 900 g/mol. The van der Waals surface area contributed by atoms with Crippen molar-refractivity contribution in [1.82, 2.24) is 0 Å². The number of unbranched alkanes of at least 4 members (excludes halogenated alkanes) is 8. The average molecular weight is 987 g/mol. The summed E-state index contributed by atoms with van der Waals surface area (Å²) in [6, 6.07) is 0. The Bertz CT molecular complexity index is 1660. The molecule has 1 aliphatic rings. The van der Waals surface area contributed by atoms with Crippen LogP contribution >= 0.6 is 7.82 Å². The number of phosphoric acid groups is 1. The zero-order valence-corrected chi connectivity index (χ0v) is 42.4. The van der Waals surface area contributed by atoms with E-state index >= 15 is 0 Å². The summed E-state index contributed by atoms with van der Waals surface area (Å²) in [6.07, 6.45) is 48.4. The highest BCUT2D eigenvalue weighted by atomic mass is 31.2. The maximum atomic E-state index is 12.8. The second kappa shape index (κ2) is 43.1. The molecule has 1 saturated carbocycles. The third-order valence-electron chi connectivity index (χ3n) is 10.8. The zero-order chi connectivity index (χ0) is 50.6. The Kier molecular flexibility index (Phi) is 39.5. The van der Waals surface area contributed by atoms with Crippen LogP contribution in [-0.2, 0) is 32.7 Å². The van der Waals surface area contributed by atoms with Gasteiger partial charge in [0.05, 0.1) is 6.61 Å². The average Bonchev–Trinajstić information content (AvgIpc) is 3.33. The van der Waals surface area contributed by atoms with E-state index in [1.165, 1.54) is 44.9 Å². The fourth-order valence-corrected chi connectivity index (χ4v) is 7.75. The van der Waals surface area contributed by atoms with E-state index in [2.05, 4.69) is 105 Å². The second-order valence-electron chi connectivity index (χ2n) is 16.9. The van der Waals surface area contributed by atoms with Crippen LogP contribution in [0.25, 0.3) is 0 Å². The largest absolute Gasteiger partial charge is 0.472 e. The first-order valence-corrected chi connectivity index (χ1v) is 26.8. The highest BCUT2D eigenvalue weighted by Gasteiger charge is 2.51. The van der Waals surface area contributed by atoms with Crippen LogP contribution in [0.2, 0.25) is 0 Å². The van der Waals surface area contributed by atoms with Gasteiger partial charge in [0.15, 0.2) is 6.10 Å². The third-order valence-corrected chi connectivity index (χ3v) is 11.8. The Morgan fingerprint density at radius 2 is 0.855 bits per heavy atom. The lowest BCUT2D eigenvalue weighted by atomic mass is 9.85. The molecule has 0 spiro atoms. The summed E-state index contributed by atoms with van der Waals surface area (Å²) in [4.78, 5) is 35.8. The normalized spacial score (nSPS) is 21.9. The number of esters is 2. The quantitative estimate of drug-likeness (QED) is 0.0146. The van der Waals surface area contributed by atoms with Crippen LogP contribution in [0.5, 0.6) is 0 Å². The smallest absolute Gasteiger partial charge is 0.462 e. The minimum absolute atomic E-state index is 0.00253. The first-order chi connectivity index (χ1) is 33.4. The number of allylic oxidation sites excluding steroid dienone is 20. The fourth-order valence-electron chi connectivity index (χ4n) is 6.78. The maximum Gasteiger partial charge on any atom is 0.472 e. The molecule has 0 aromatic heterocycles. The first-order valence-electron chi connectivity index (χ1n) is 25.3. The number of hydrogen-bond donors (Lipinski definition) is 6. The van der Waals surface area contributed by atoms with E-state index in [9.17, 15) is 44.6 Å². The van der Waals surface area contributed by atoms with Crippen LogP contribution in [0.4, 0.5) is 0 Å². The van der Waals surface area contributed by atoms with Gasteiger partial charge in [-0.1, -0.05) is 174 Å². The molecule has 6 unspecified atom stereocenters. The van der Waals surface area contributed by atoms with Gasteiger partial charge in [0.2, 0.25) is 0 Å². The lowest BCUT2D eigenvalue weighted by Crippen LogP contribution is -2.64. The van der Waals surface area contributed by atoms with Crippen molar-refractivity contribution >= 4 is 19.8 Å². The Morgan fingerprint density at radius 3 is 1.32 bits per heavy atom. The van der Waals surface area contributed by atoms with E-state index < -0.39 is 75.7 Å². The second-order valence-corrected chi connectivity index (χ2v) is 18.3. The van der Waals surface area contributed by atoms with E-state index in [1.54, 1.807) is 0 Å². The van der Waals surface area contributed by atoms with Crippen LogP contribution in [0.1, 0.15) is 155 Å². The van der Waals surface area contributed by atoms with Crippen molar-refractivity contribution in [3.8, 4) is 0 Å². The standard InChI is InChI=1S/C55H87O13P/c1-3-5-7-9-11-13-15-17-19-21-23-24-26-28-30-32-34-36-38-40-42-44-49(57)67-47(46-66-69(63,64)68-55-53(61)51(59)50(58)52(60)54(55)62)45-65-48(56)43-41-39-37-35-33-31-29-27-25-22-20-18-16-14-12-10-8-6-4-2/h6,8,12,14,18-21,24-27,30-33,36-39,47,50-55,58-62H,3-5,7,9-11,13,15-17,22-23,28-29,34-35,40-46H2,1-2H3,(H,63,64)/b8-6+,14-12+,20-18+,21-19+,26-24+,27-25+,32-30+,33-31+,38-36+,39-37+/t47-,50?,51-,52?,53?,54?,55?/m1/s1. The minimum Gasteiger partial charge on any atom is -0.462 e. The summed E-state index contributed by atoms with van der Waals surface area (Å²) in [5.74, 6) is -1.27. The predicted molar refractivity (Wildman–Crippen MR) is 276 cm³/mol. The number of carbonyl (C=O) groups excluding carboxylic acids is 2. The van der Waals surface area contributed by atoms with Crippen molar-refractivity contribution < 1.29 is 63.1 Å². The van der Waals surface area contributed by atoms with E-state index in [-0.39, 0.29) is 12.8 Å². The molecule has 1 fully saturated rings. The summed E-state index contributed by atoms with van der Waals surface area (Å²) in [6.45, 7) is 3.07. The van der Waals surface area contributed by atoms with Crippen molar-refractivity contribution in [2.75, 3.05) is 13.2 Å². The molecule has 0 bridgehead atoms. The van der Waals surface area contributed by atoms with Gasteiger partial charge in [0, 0.05) is 12.8 Å². The lowest BCUT2D eigenvalue weighted by molar-refractivity contribution is -0.220. The zero-order valence-electron chi connectivity index (χ0n) is 41.5. The van der Waals surface area contributed by atoms with Gasteiger partial charge in [-0.15, -0.1) is 0 Å². The Morgan fingerprint density at radius 1 is 0.464 bits per heavy atom. The van der Waals surface area contributed by atoms with Crippen LogP contribution in [0, 0.1) is 0 Å². The number of rotatable bonds is 40. The van der Waals surface area contributed by atoms with Crippen LogP contribution in [0.15, 0.2) is 122 Å². The number of aliphatic hydroxyl groups is 5. The molecule has 0 aromatic rings. The Labute approximate surface area is 414 Å². The molecule has 13 nitrogen and oxygen atoms in total. The summed E-state index contributed by atoms with van der Waals surface area (Å²) in [7, 11) is -5.16. The van der Waals surface area contributed by atoms with E-state index in [0.29, 0.717) is 25.7 Å². The molecule has 14 heteroatoms. The number of carbonyl (C=O) groups is 2. The van der Waals surface area contributed by atoms with Gasteiger partial charge in [-0.05, 0) is 89.9 Å². The Balaban J connectivity index is 2.52. The minimum atomic E-state index is -5.16. The molecule has 0 amide bonds. The van der Waals surface area contributed by atoms with Crippen molar-refractivity contribution in [2.24, 2.45) is 0 Å². The summed E-state index contributed by atoms with van der Waals surface area (Å²) in [5.41, 5.74) is 0. The molecule has 0 heterocycles. The lowest BCUT2D eigenvalue weighted by Gasteiger charge is -2.41. The monoisotopic (exact) mass is 987 g/mol. The highest BCUT2D eigenvalue weighted by molar-refractivity contribution is 7.47. The number of aliphatic hydroxyl groups excluding tert-OH is 5. The van der Waals surface area contributed by atoms with Gasteiger partial charge in [0.25, 0.3) is 0 Å². The predicted octanol–water partition coefficient (Wildman–Crippen LogP) is 10.9. The maximum absolute atomic E-state index is 12.8. The molecule has 69 heavy (non-hydrogen) atoms. The molecule has 8 atom stereocenters. The van der Waals surface area contributed by atoms with Gasteiger partial charge in [-0.25, -0.2) is 4.57 Å². The third kappa shape index (κ3) is 35.1. The number of phosphoric ester groups is 1. The SMILES string of the molecule is CC/C=C/C/C=C/C/C=C/C/C=C/C/C=C/C/C=C/CCC(=O)OC[C@H](COP(=O)(O)OC1C(O)C(O)C(O)[C@@H](O)C1O)OC(=O)CCC/C=C/C/C=C/C/C=C/C/C=C/CCCCCCCCC. The number of ether oxygens (including phenoxy) is 2. The molecular formula is C55H87O13P. The topological polar surface area (TPSA) is 210 Å². The van der Waals surface area contributed by atoms with Crippen LogP contribution in [0.3, 0.4) is 0 Å². The van der Waals surface area contributed by atoms with Crippen molar-refractivity contribution in [3.63, 3.8) is 0 Å². The molecule has 0 aliphatic heterocycles. The molecule has 6 N–H and O–H groups in total. The molecule has 0 radical (unpaired) electrons. The van der Waals surface area contributed by atoms with Crippen LogP contribution in [-0.4, -0.2) is 98.3 Å². The van der Waals surface area contributed by atoms with Gasteiger partial charge < -0.3 is 39.9 Å². The fraction of sp³-hybridized carbons (Fsp3) is 0.600. The van der Waals surface area contributed by atoms with E-state index in [4.69, 9.17) is 18.5 Å². The van der Waals surface area contributed by atoms with Gasteiger partial charge >= 0.3 is 19.8 Å². The van der Waals surface area contributed by atoms with Crippen molar-refractivity contribution in [3.05, 3.63) is 122 Å². The molecule has 1 rings (SSSR count). The molecule has 390 valence electrons. The van der Waals surface area contributed by atoms with Gasteiger partial charge in [0.1, 0.15) is 43.2 Å². The summed E-state index contributed by atoms with van der Waals surface area (Å²) >= 11 is 0. The first kappa shape index (κ1) is 63.3. The van der Waals surface area contributed by atoms with E-state index in [1.807, 2.05) is 30.4 Å². The van der Waals surface area contributed by atoms with Gasteiger partial charge in [-0.2, -0.15) is 0 Å². The number of hydrogen-bond acceptors (Lipinski definition) is 12. The summed E-state index contributed by atoms with van der Waals surface area (Å²) in [5, 5.41) is 50.2.